The number of guanidine groups is 2. The number of aliphatic imine (C=N–C) groups is 2. The summed E-state index contributed by atoms with van der Waals surface area (Å²) in [6, 6.07) is 3.11. The normalized spacial score (nSPS) is 14.3. The summed E-state index contributed by atoms with van der Waals surface area (Å²) in [5.74, 6) is -3.55. The summed E-state index contributed by atoms with van der Waals surface area (Å²) < 4.78 is 0. The minimum atomic E-state index is -1.26. The Morgan fingerprint density at radius 2 is 1.38 bits per heavy atom. The fourth-order valence-corrected chi connectivity index (χ4v) is 4.59. The third-order valence-corrected chi connectivity index (χ3v) is 7.43. The average molecular weight is 630 g/mol. The summed E-state index contributed by atoms with van der Waals surface area (Å²) in [6.45, 7) is 4.09. The summed E-state index contributed by atoms with van der Waals surface area (Å²) in [5.41, 5.74) is 29.2. The Bertz CT molecular complexity index is 1350. The molecule has 5 unspecified atom stereocenters. The van der Waals surface area contributed by atoms with Crippen molar-refractivity contribution in [2.75, 3.05) is 13.1 Å². The average Bonchev–Trinajstić information content (AvgIpc) is 3.40. The number of rotatable bonds is 19. The highest BCUT2D eigenvalue weighted by Crippen LogP contribution is 2.19. The van der Waals surface area contributed by atoms with Gasteiger partial charge < -0.3 is 54.7 Å². The fraction of sp³-hybridized carbons (Fsp3) is 0.517. The lowest BCUT2D eigenvalue weighted by Gasteiger charge is -2.26. The van der Waals surface area contributed by atoms with Crippen LogP contribution in [0.5, 0.6) is 0 Å². The lowest BCUT2D eigenvalue weighted by atomic mass is 9.98. The molecule has 2 rings (SSSR count). The second kappa shape index (κ2) is 18.1. The lowest BCUT2D eigenvalue weighted by Crippen LogP contribution is -2.58. The highest BCUT2D eigenvalue weighted by Gasteiger charge is 2.31. The van der Waals surface area contributed by atoms with Gasteiger partial charge >= 0.3 is 5.97 Å². The summed E-state index contributed by atoms with van der Waals surface area (Å²) >= 11 is 0. The van der Waals surface area contributed by atoms with Gasteiger partial charge in [0.25, 0.3) is 0 Å². The molecule has 0 aliphatic rings. The summed E-state index contributed by atoms with van der Waals surface area (Å²) in [4.78, 5) is 63.1. The van der Waals surface area contributed by atoms with Crippen LogP contribution in [0.25, 0.3) is 10.9 Å². The molecule has 0 saturated heterocycles. The van der Waals surface area contributed by atoms with E-state index in [0.29, 0.717) is 6.42 Å². The minimum absolute atomic E-state index is 0.0409. The Morgan fingerprint density at radius 1 is 0.844 bits per heavy atom. The van der Waals surface area contributed by atoms with Crippen molar-refractivity contribution < 1.29 is 24.3 Å². The molecule has 0 radical (unpaired) electrons. The van der Waals surface area contributed by atoms with Crippen molar-refractivity contribution in [2.24, 2.45) is 44.6 Å². The van der Waals surface area contributed by atoms with Crippen LogP contribution in [0.15, 0.2) is 40.4 Å². The number of carboxylic acids is 1. The Morgan fingerprint density at radius 3 is 1.96 bits per heavy atom. The van der Waals surface area contributed by atoms with Crippen LogP contribution in [0.2, 0.25) is 0 Å². The molecule has 1 aromatic carbocycles. The number of fused-ring (bicyclic) bond motifs is 1. The van der Waals surface area contributed by atoms with E-state index in [1.807, 2.05) is 38.1 Å². The number of aromatic amines is 1. The van der Waals surface area contributed by atoms with Gasteiger partial charge in [0.2, 0.25) is 17.7 Å². The highest BCUT2D eigenvalue weighted by atomic mass is 16.4. The molecule has 0 aliphatic carbocycles. The van der Waals surface area contributed by atoms with Crippen molar-refractivity contribution in [1.82, 2.24) is 20.9 Å². The number of para-hydroxylation sites is 1. The SMILES string of the molecule is CCC(C)C(N)C(=O)NC(Cc1c[nH]c2ccccc12)C(=O)NC(CCCN=C(N)N)C(=O)NC(CCCN=C(N)N)C(=O)O. The largest absolute Gasteiger partial charge is 0.480 e. The van der Waals surface area contributed by atoms with E-state index in [-0.39, 0.29) is 63.0 Å². The van der Waals surface area contributed by atoms with Crippen molar-refractivity contribution in [3.05, 3.63) is 36.0 Å². The molecule has 45 heavy (non-hydrogen) atoms. The molecule has 1 heterocycles. The molecule has 16 heteroatoms. The van der Waals surface area contributed by atoms with Crippen LogP contribution in [0.1, 0.15) is 51.5 Å². The Kier molecular flexibility index (Phi) is 14.6. The monoisotopic (exact) mass is 629 g/mol. The number of H-pyrrole nitrogens is 1. The van der Waals surface area contributed by atoms with Gasteiger partial charge in [0, 0.05) is 36.6 Å². The van der Waals surface area contributed by atoms with E-state index >= 15 is 0 Å². The van der Waals surface area contributed by atoms with E-state index in [4.69, 9.17) is 28.7 Å². The van der Waals surface area contributed by atoms with E-state index in [1.165, 1.54) is 0 Å². The molecule has 0 bridgehead atoms. The van der Waals surface area contributed by atoms with E-state index in [0.717, 1.165) is 16.5 Å². The van der Waals surface area contributed by atoms with Gasteiger partial charge in [-0.15, -0.1) is 0 Å². The van der Waals surface area contributed by atoms with Crippen molar-refractivity contribution in [1.29, 1.82) is 0 Å². The summed E-state index contributed by atoms with van der Waals surface area (Å²) in [6.07, 6.45) is 3.20. The van der Waals surface area contributed by atoms with Gasteiger partial charge in [-0.25, -0.2) is 4.79 Å². The molecule has 16 nitrogen and oxygen atoms in total. The number of amides is 3. The van der Waals surface area contributed by atoms with Gasteiger partial charge in [-0.1, -0.05) is 38.5 Å². The highest BCUT2D eigenvalue weighted by molar-refractivity contribution is 5.95. The molecule has 15 N–H and O–H groups in total. The number of carbonyl (C=O) groups excluding carboxylic acids is 3. The maximum Gasteiger partial charge on any atom is 0.326 e. The molecule has 0 fully saturated rings. The quantitative estimate of drug-likeness (QED) is 0.0499. The molecular weight excluding hydrogens is 582 g/mol. The molecule has 1 aromatic heterocycles. The number of hydrogen-bond donors (Lipinski definition) is 10. The standard InChI is InChI=1S/C29H47N11O5/c1-3-16(2)23(30)26(43)40-22(14-17-15-37-19-9-5-4-8-18(17)19)25(42)38-20(10-6-12-35-28(31)32)24(41)39-21(27(44)45)11-7-13-36-29(33)34/h4-5,8-9,15-16,20-23,37H,3,6-7,10-14,30H2,1-2H3,(H,38,42)(H,39,41)(H,40,43)(H,44,45)(H4,31,32,35)(H4,33,34,36). The van der Waals surface area contributed by atoms with Crippen LogP contribution in [0.4, 0.5) is 0 Å². The lowest BCUT2D eigenvalue weighted by molar-refractivity contribution is -0.142. The van der Waals surface area contributed by atoms with Crippen LogP contribution in [0.3, 0.4) is 0 Å². The Labute approximate surface area is 262 Å². The third kappa shape index (κ3) is 12.0. The van der Waals surface area contributed by atoms with E-state index in [1.54, 1.807) is 6.20 Å². The van der Waals surface area contributed by atoms with Gasteiger partial charge in [-0.3, -0.25) is 24.4 Å². The van der Waals surface area contributed by atoms with Gasteiger partial charge in [0.1, 0.15) is 18.1 Å². The van der Waals surface area contributed by atoms with Crippen molar-refractivity contribution in [3.63, 3.8) is 0 Å². The first-order chi connectivity index (χ1) is 21.3. The number of nitrogens with zero attached hydrogens (tertiary/aromatic N) is 2. The number of nitrogens with two attached hydrogens (primary N) is 5. The third-order valence-electron chi connectivity index (χ3n) is 7.43. The zero-order valence-electron chi connectivity index (χ0n) is 25.8. The second-order valence-corrected chi connectivity index (χ2v) is 10.9. The van der Waals surface area contributed by atoms with Crippen LogP contribution >= 0.6 is 0 Å². The van der Waals surface area contributed by atoms with E-state index in [2.05, 4.69) is 30.9 Å². The number of carbonyl (C=O) groups is 4. The van der Waals surface area contributed by atoms with E-state index in [9.17, 15) is 24.3 Å². The Balaban J connectivity index is 2.31. The molecule has 0 aliphatic heterocycles. The molecular formula is C29H47N11O5. The number of nitrogens with one attached hydrogen (secondary N) is 4. The number of carboxylic acid groups (broad SMARTS) is 1. The molecule has 248 valence electrons. The Hall–Kier alpha value is -4.86. The van der Waals surface area contributed by atoms with Crippen LogP contribution < -0.4 is 44.6 Å². The van der Waals surface area contributed by atoms with Crippen molar-refractivity contribution >= 4 is 46.5 Å². The molecule has 0 saturated carbocycles. The van der Waals surface area contributed by atoms with Crippen LogP contribution in [-0.4, -0.2) is 83.0 Å². The van der Waals surface area contributed by atoms with Crippen molar-refractivity contribution in [2.45, 2.75) is 76.5 Å². The maximum absolute atomic E-state index is 13.8. The smallest absolute Gasteiger partial charge is 0.326 e. The predicted molar refractivity (Wildman–Crippen MR) is 173 cm³/mol. The van der Waals surface area contributed by atoms with Crippen LogP contribution in [0, 0.1) is 5.92 Å². The number of benzene rings is 1. The summed E-state index contributed by atoms with van der Waals surface area (Å²) in [7, 11) is 0. The predicted octanol–water partition coefficient (Wildman–Crippen LogP) is -1.27. The first kappa shape index (κ1) is 36.3. The first-order valence-electron chi connectivity index (χ1n) is 14.9. The second-order valence-electron chi connectivity index (χ2n) is 10.9. The number of hydrogen-bond acceptors (Lipinski definition) is 7. The summed E-state index contributed by atoms with van der Waals surface area (Å²) in [5, 5.41) is 18.5. The fourth-order valence-electron chi connectivity index (χ4n) is 4.59. The van der Waals surface area contributed by atoms with E-state index < -0.39 is 47.9 Å². The first-order valence-corrected chi connectivity index (χ1v) is 14.9. The van der Waals surface area contributed by atoms with Gasteiger partial charge in [-0.05, 0) is 43.2 Å². The minimum Gasteiger partial charge on any atom is -0.480 e. The number of aliphatic carboxylic acids is 1. The van der Waals surface area contributed by atoms with Gasteiger partial charge in [0.05, 0.1) is 6.04 Å². The maximum atomic E-state index is 13.8. The molecule has 2 aromatic rings. The van der Waals surface area contributed by atoms with Crippen LogP contribution in [-0.2, 0) is 25.6 Å². The molecule has 5 atom stereocenters. The van der Waals surface area contributed by atoms with Crippen molar-refractivity contribution in [3.8, 4) is 0 Å². The molecule has 3 amide bonds. The number of aromatic nitrogens is 1. The zero-order chi connectivity index (χ0) is 33.5. The topological polar surface area (TPSA) is 295 Å². The van der Waals surface area contributed by atoms with Gasteiger partial charge in [-0.2, -0.15) is 0 Å². The molecule has 0 spiro atoms. The zero-order valence-corrected chi connectivity index (χ0v) is 25.8. The van der Waals surface area contributed by atoms with Gasteiger partial charge in [0.15, 0.2) is 11.9 Å².